The Bertz CT molecular complexity index is 349. The molecule has 0 fully saturated rings. The van der Waals surface area contributed by atoms with Crippen molar-refractivity contribution in [2.75, 3.05) is 33.7 Å². The van der Waals surface area contributed by atoms with Crippen molar-refractivity contribution in [3.05, 3.63) is 35.4 Å². The summed E-state index contributed by atoms with van der Waals surface area (Å²) in [6.45, 7) is 10.2. The molecule has 2 heteroatoms. The van der Waals surface area contributed by atoms with Crippen molar-refractivity contribution in [1.82, 2.24) is 10.2 Å². The summed E-state index contributed by atoms with van der Waals surface area (Å²) in [7, 11) is 4.22. The Hall–Kier alpha value is -0.860. The van der Waals surface area contributed by atoms with E-state index in [1.54, 1.807) is 0 Å². The van der Waals surface area contributed by atoms with Crippen LogP contribution < -0.4 is 5.32 Å². The van der Waals surface area contributed by atoms with Gasteiger partial charge < -0.3 is 10.2 Å². The second kappa shape index (κ2) is 7.66. The lowest BCUT2D eigenvalue weighted by atomic mass is 9.86. The molecule has 0 heterocycles. The molecule has 1 aromatic rings. The van der Waals surface area contributed by atoms with Crippen LogP contribution in [0.4, 0.5) is 0 Å². The van der Waals surface area contributed by atoms with Gasteiger partial charge in [-0.05, 0) is 56.6 Å². The summed E-state index contributed by atoms with van der Waals surface area (Å²) in [6.07, 6.45) is 2.36. The monoisotopic (exact) mass is 262 g/mol. The first-order valence-corrected chi connectivity index (χ1v) is 7.36. The van der Waals surface area contributed by atoms with E-state index < -0.39 is 0 Å². The predicted molar refractivity (Wildman–Crippen MR) is 84.9 cm³/mol. The highest BCUT2D eigenvalue weighted by atomic mass is 15.1. The van der Waals surface area contributed by atoms with E-state index in [0.717, 1.165) is 19.5 Å². The molecular formula is C17H30N2. The maximum Gasteiger partial charge on any atom is 0.00188 e. The number of hydrogen-bond acceptors (Lipinski definition) is 2. The van der Waals surface area contributed by atoms with Crippen molar-refractivity contribution < 1.29 is 0 Å². The fraction of sp³-hybridized carbons (Fsp3) is 0.647. The summed E-state index contributed by atoms with van der Waals surface area (Å²) in [6, 6.07) is 9.11. The van der Waals surface area contributed by atoms with E-state index in [2.05, 4.69) is 62.3 Å². The Kier molecular flexibility index (Phi) is 6.53. The molecule has 0 bridgehead atoms. The van der Waals surface area contributed by atoms with Gasteiger partial charge in [0.25, 0.3) is 0 Å². The van der Waals surface area contributed by atoms with Gasteiger partial charge in [0.1, 0.15) is 0 Å². The molecule has 0 atom stereocenters. The third kappa shape index (κ3) is 6.22. The SMILES string of the molecule is CNCCCN(C)CCc1ccc(C(C)(C)C)cc1. The van der Waals surface area contributed by atoms with Gasteiger partial charge >= 0.3 is 0 Å². The molecule has 19 heavy (non-hydrogen) atoms. The zero-order valence-electron chi connectivity index (χ0n) is 13.3. The molecule has 108 valence electrons. The summed E-state index contributed by atoms with van der Waals surface area (Å²) < 4.78 is 0. The van der Waals surface area contributed by atoms with Crippen LogP contribution in [0.5, 0.6) is 0 Å². The molecule has 0 spiro atoms. The summed E-state index contributed by atoms with van der Waals surface area (Å²) in [4.78, 5) is 2.41. The highest BCUT2D eigenvalue weighted by Crippen LogP contribution is 2.22. The van der Waals surface area contributed by atoms with Crippen LogP contribution in [0.3, 0.4) is 0 Å². The van der Waals surface area contributed by atoms with E-state index in [-0.39, 0.29) is 5.41 Å². The Morgan fingerprint density at radius 2 is 1.68 bits per heavy atom. The molecule has 0 radical (unpaired) electrons. The van der Waals surface area contributed by atoms with E-state index in [9.17, 15) is 0 Å². The second-order valence-corrected chi connectivity index (χ2v) is 6.46. The number of nitrogens with zero attached hydrogens (tertiary/aromatic N) is 1. The molecule has 1 aromatic carbocycles. The molecule has 0 aliphatic heterocycles. The minimum atomic E-state index is 0.252. The summed E-state index contributed by atoms with van der Waals surface area (Å²) in [5.41, 5.74) is 3.11. The third-order valence-electron chi connectivity index (χ3n) is 3.57. The molecule has 0 aliphatic rings. The number of likely N-dealkylation sites (N-methyl/N-ethyl adjacent to an activating group) is 1. The molecule has 1 N–H and O–H groups in total. The maximum atomic E-state index is 3.19. The summed E-state index contributed by atoms with van der Waals surface area (Å²) in [5, 5.41) is 3.19. The van der Waals surface area contributed by atoms with Gasteiger partial charge in [-0.25, -0.2) is 0 Å². The molecule has 0 aromatic heterocycles. The number of benzene rings is 1. The molecular weight excluding hydrogens is 232 g/mol. The van der Waals surface area contributed by atoms with Crippen molar-refractivity contribution >= 4 is 0 Å². The van der Waals surface area contributed by atoms with Gasteiger partial charge in [0.05, 0.1) is 0 Å². The topological polar surface area (TPSA) is 15.3 Å². The standard InChI is InChI=1S/C17H30N2/c1-17(2,3)16-9-7-15(8-10-16)11-14-19(5)13-6-12-18-4/h7-10,18H,6,11-14H2,1-5H3. The van der Waals surface area contributed by atoms with Crippen molar-refractivity contribution in [3.8, 4) is 0 Å². The van der Waals surface area contributed by atoms with Crippen LogP contribution in [-0.2, 0) is 11.8 Å². The second-order valence-electron chi connectivity index (χ2n) is 6.46. The first kappa shape index (κ1) is 16.2. The van der Waals surface area contributed by atoms with Crippen LogP contribution in [0.25, 0.3) is 0 Å². The molecule has 0 aliphatic carbocycles. The van der Waals surface area contributed by atoms with Crippen LogP contribution in [0, 0.1) is 0 Å². The van der Waals surface area contributed by atoms with Crippen LogP contribution in [0.2, 0.25) is 0 Å². The zero-order valence-corrected chi connectivity index (χ0v) is 13.3. The number of rotatable bonds is 7. The Morgan fingerprint density at radius 3 is 2.21 bits per heavy atom. The summed E-state index contributed by atoms with van der Waals surface area (Å²) in [5.74, 6) is 0. The van der Waals surface area contributed by atoms with Gasteiger partial charge in [0, 0.05) is 6.54 Å². The Balaban J connectivity index is 2.37. The van der Waals surface area contributed by atoms with Crippen LogP contribution in [0.1, 0.15) is 38.3 Å². The van der Waals surface area contributed by atoms with Gasteiger partial charge in [-0.3, -0.25) is 0 Å². The van der Waals surface area contributed by atoms with E-state index >= 15 is 0 Å². The van der Waals surface area contributed by atoms with E-state index in [1.807, 2.05) is 7.05 Å². The minimum absolute atomic E-state index is 0.252. The van der Waals surface area contributed by atoms with Gasteiger partial charge in [-0.2, -0.15) is 0 Å². The van der Waals surface area contributed by atoms with Gasteiger partial charge in [0.15, 0.2) is 0 Å². The number of nitrogens with one attached hydrogen (secondary N) is 1. The van der Waals surface area contributed by atoms with Crippen molar-refractivity contribution in [1.29, 1.82) is 0 Å². The van der Waals surface area contributed by atoms with E-state index in [4.69, 9.17) is 0 Å². The first-order chi connectivity index (χ1) is 8.93. The average Bonchev–Trinajstić information content (AvgIpc) is 2.36. The van der Waals surface area contributed by atoms with Crippen LogP contribution in [-0.4, -0.2) is 38.6 Å². The Labute approximate surface area is 119 Å². The normalized spacial score (nSPS) is 12.1. The minimum Gasteiger partial charge on any atom is -0.320 e. The first-order valence-electron chi connectivity index (χ1n) is 7.36. The average molecular weight is 262 g/mol. The fourth-order valence-electron chi connectivity index (χ4n) is 2.13. The van der Waals surface area contributed by atoms with E-state index in [1.165, 1.54) is 24.1 Å². The third-order valence-corrected chi connectivity index (χ3v) is 3.57. The molecule has 2 nitrogen and oxygen atoms in total. The van der Waals surface area contributed by atoms with E-state index in [0.29, 0.717) is 0 Å². The zero-order chi connectivity index (χ0) is 14.3. The lowest BCUT2D eigenvalue weighted by Crippen LogP contribution is -2.25. The van der Waals surface area contributed by atoms with Crippen molar-refractivity contribution in [2.45, 2.75) is 39.0 Å². The molecule has 1 rings (SSSR count). The Morgan fingerprint density at radius 1 is 1.05 bits per heavy atom. The maximum absolute atomic E-state index is 3.19. The lowest BCUT2D eigenvalue weighted by molar-refractivity contribution is 0.332. The smallest absolute Gasteiger partial charge is 0.00188 e. The van der Waals surface area contributed by atoms with Crippen LogP contribution in [0.15, 0.2) is 24.3 Å². The van der Waals surface area contributed by atoms with Crippen molar-refractivity contribution in [3.63, 3.8) is 0 Å². The van der Waals surface area contributed by atoms with Crippen molar-refractivity contribution in [2.24, 2.45) is 0 Å². The molecule has 0 saturated heterocycles. The van der Waals surface area contributed by atoms with Crippen LogP contribution >= 0.6 is 0 Å². The highest BCUT2D eigenvalue weighted by molar-refractivity contribution is 5.27. The lowest BCUT2D eigenvalue weighted by Gasteiger charge is -2.20. The molecule has 0 unspecified atom stereocenters. The number of hydrogen-bond donors (Lipinski definition) is 1. The highest BCUT2D eigenvalue weighted by Gasteiger charge is 2.12. The predicted octanol–water partition coefficient (Wildman–Crippen LogP) is 3.07. The molecule has 0 amide bonds. The molecule has 0 saturated carbocycles. The summed E-state index contributed by atoms with van der Waals surface area (Å²) >= 11 is 0. The fourth-order valence-corrected chi connectivity index (χ4v) is 2.13. The van der Waals surface area contributed by atoms with Gasteiger partial charge in [-0.15, -0.1) is 0 Å². The van der Waals surface area contributed by atoms with Gasteiger partial charge in [0.2, 0.25) is 0 Å². The largest absolute Gasteiger partial charge is 0.320 e. The quantitative estimate of drug-likeness (QED) is 0.760. The van der Waals surface area contributed by atoms with Gasteiger partial charge in [-0.1, -0.05) is 45.0 Å².